The van der Waals surface area contributed by atoms with Crippen LogP contribution in [0.3, 0.4) is 0 Å². The lowest BCUT2D eigenvalue weighted by Crippen LogP contribution is -2.16. The van der Waals surface area contributed by atoms with Gasteiger partial charge in [0, 0.05) is 20.4 Å². The van der Waals surface area contributed by atoms with E-state index in [1.54, 1.807) is 43.5 Å². The molecule has 178 valence electrons. The number of ether oxygens (including phenoxy) is 2. The Balaban J connectivity index is 1.50. The minimum Gasteiger partial charge on any atom is -0.493 e. The summed E-state index contributed by atoms with van der Waals surface area (Å²) in [7, 11) is 1.58. The van der Waals surface area contributed by atoms with Gasteiger partial charge in [0.05, 0.1) is 13.3 Å². The largest absolute Gasteiger partial charge is 0.493 e. The SMILES string of the molecule is C=CCc1cc(/C=N/NC(=O)c2cc3cc(Cl)ccc3o2)cc(OC)c1OCc1ccc(Br)cc1. The molecule has 4 rings (SSSR count). The van der Waals surface area contributed by atoms with E-state index < -0.39 is 5.91 Å². The predicted molar refractivity (Wildman–Crippen MR) is 142 cm³/mol. The number of benzene rings is 3. The van der Waals surface area contributed by atoms with Crippen molar-refractivity contribution in [1.82, 2.24) is 5.43 Å². The van der Waals surface area contributed by atoms with Crippen LogP contribution in [0.1, 0.15) is 27.2 Å². The zero-order chi connectivity index (χ0) is 24.8. The highest BCUT2D eigenvalue weighted by molar-refractivity contribution is 9.10. The van der Waals surface area contributed by atoms with Crippen molar-refractivity contribution in [1.29, 1.82) is 0 Å². The molecule has 0 bridgehead atoms. The standard InChI is InChI=1S/C27H22BrClN2O4/c1-3-4-19-11-18(12-24(33-2)26(19)34-16-17-5-7-21(28)8-6-17)15-30-31-27(32)25-14-20-13-22(29)9-10-23(20)35-25/h3,5-15H,1,4,16H2,2H3,(H,31,32)/b30-15+. The van der Waals surface area contributed by atoms with E-state index in [1.807, 2.05) is 30.3 Å². The summed E-state index contributed by atoms with van der Waals surface area (Å²) in [4.78, 5) is 12.5. The second-order valence-electron chi connectivity index (χ2n) is 7.61. The number of hydrogen-bond donors (Lipinski definition) is 1. The van der Waals surface area contributed by atoms with Crippen molar-refractivity contribution in [3.05, 3.63) is 105 Å². The molecule has 1 amide bonds. The average molecular weight is 554 g/mol. The van der Waals surface area contributed by atoms with Gasteiger partial charge in [0.1, 0.15) is 12.2 Å². The van der Waals surface area contributed by atoms with Crippen molar-refractivity contribution in [3.63, 3.8) is 0 Å². The summed E-state index contributed by atoms with van der Waals surface area (Å²) < 4.78 is 18.3. The van der Waals surface area contributed by atoms with Crippen molar-refractivity contribution in [2.24, 2.45) is 5.10 Å². The third-order valence-corrected chi connectivity index (χ3v) is 5.88. The highest BCUT2D eigenvalue weighted by Gasteiger charge is 2.14. The smallest absolute Gasteiger partial charge is 0.307 e. The molecular weight excluding hydrogens is 532 g/mol. The van der Waals surface area contributed by atoms with Crippen LogP contribution in [-0.2, 0) is 13.0 Å². The number of carbonyl (C=O) groups excluding carboxylic acids is 1. The number of nitrogens with zero attached hydrogens (tertiary/aromatic N) is 1. The molecule has 0 saturated carbocycles. The summed E-state index contributed by atoms with van der Waals surface area (Å²) in [5, 5.41) is 5.38. The van der Waals surface area contributed by atoms with Crippen LogP contribution in [0.4, 0.5) is 0 Å². The Bertz CT molecular complexity index is 1400. The van der Waals surface area contributed by atoms with Crippen LogP contribution in [-0.4, -0.2) is 19.2 Å². The van der Waals surface area contributed by atoms with E-state index >= 15 is 0 Å². The molecule has 6 nitrogen and oxygen atoms in total. The highest BCUT2D eigenvalue weighted by atomic mass is 79.9. The van der Waals surface area contributed by atoms with Crippen LogP contribution in [0.5, 0.6) is 11.5 Å². The van der Waals surface area contributed by atoms with Crippen molar-refractivity contribution >= 4 is 50.6 Å². The molecule has 0 aliphatic rings. The molecule has 0 atom stereocenters. The first-order chi connectivity index (χ1) is 17.0. The number of amides is 1. The van der Waals surface area contributed by atoms with Gasteiger partial charge < -0.3 is 13.9 Å². The molecule has 0 fully saturated rings. The summed E-state index contributed by atoms with van der Waals surface area (Å²) >= 11 is 9.43. The first-order valence-electron chi connectivity index (χ1n) is 10.7. The van der Waals surface area contributed by atoms with E-state index in [0.717, 1.165) is 26.5 Å². The van der Waals surface area contributed by atoms with Crippen molar-refractivity contribution in [3.8, 4) is 11.5 Å². The van der Waals surface area contributed by atoms with Gasteiger partial charge in [-0.3, -0.25) is 4.79 Å². The van der Waals surface area contributed by atoms with Crippen molar-refractivity contribution < 1.29 is 18.7 Å². The van der Waals surface area contributed by atoms with E-state index in [-0.39, 0.29) is 5.76 Å². The normalized spacial score (nSPS) is 11.1. The number of rotatable bonds is 9. The van der Waals surface area contributed by atoms with Crippen LogP contribution >= 0.6 is 27.5 Å². The Morgan fingerprint density at radius 1 is 1.17 bits per heavy atom. The van der Waals surface area contributed by atoms with Crippen LogP contribution in [0.25, 0.3) is 11.0 Å². The number of nitrogens with one attached hydrogen (secondary N) is 1. The average Bonchev–Trinajstić information content (AvgIpc) is 3.27. The second-order valence-corrected chi connectivity index (χ2v) is 8.96. The van der Waals surface area contributed by atoms with E-state index in [0.29, 0.717) is 35.1 Å². The number of carbonyl (C=O) groups is 1. The third kappa shape index (κ3) is 6.12. The minimum atomic E-state index is -0.471. The molecule has 0 saturated heterocycles. The van der Waals surface area contributed by atoms with Gasteiger partial charge in [-0.05, 0) is 66.1 Å². The van der Waals surface area contributed by atoms with Gasteiger partial charge in [-0.2, -0.15) is 5.10 Å². The Labute approximate surface area is 216 Å². The molecule has 3 aromatic carbocycles. The number of hydrogen-bond acceptors (Lipinski definition) is 5. The number of halogens is 2. The molecule has 0 spiro atoms. The molecule has 0 aliphatic heterocycles. The lowest BCUT2D eigenvalue weighted by atomic mass is 10.1. The molecule has 1 N–H and O–H groups in total. The number of methoxy groups -OCH3 is 1. The first-order valence-corrected chi connectivity index (χ1v) is 11.9. The van der Waals surface area contributed by atoms with Gasteiger partial charge in [0.25, 0.3) is 0 Å². The molecule has 4 aromatic rings. The van der Waals surface area contributed by atoms with Gasteiger partial charge in [-0.1, -0.05) is 45.7 Å². The second kappa shape index (κ2) is 11.3. The lowest BCUT2D eigenvalue weighted by molar-refractivity contribution is 0.0929. The van der Waals surface area contributed by atoms with Crippen molar-refractivity contribution in [2.75, 3.05) is 7.11 Å². The highest BCUT2D eigenvalue weighted by Crippen LogP contribution is 2.34. The molecule has 0 unspecified atom stereocenters. The van der Waals surface area contributed by atoms with Gasteiger partial charge in [-0.25, -0.2) is 5.43 Å². The number of furan rings is 1. The fourth-order valence-corrected chi connectivity index (χ4v) is 3.91. The summed E-state index contributed by atoms with van der Waals surface area (Å²) in [6.45, 7) is 4.23. The van der Waals surface area contributed by atoms with E-state index in [9.17, 15) is 4.79 Å². The lowest BCUT2D eigenvalue weighted by Gasteiger charge is -2.16. The maximum Gasteiger partial charge on any atom is 0.307 e. The summed E-state index contributed by atoms with van der Waals surface area (Å²) in [5.74, 6) is 0.864. The zero-order valence-corrected chi connectivity index (χ0v) is 21.2. The Hall–Kier alpha value is -3.55. The maximum absolute atomic E-state index is 12.5. The maximum atomic E-state index is 12.5. The Kier molecular flexibility index (Phi) is 7.90. The van der Waals surface area contributed by atoms with Gasteiger partial charge in [0.2, 0.25) is 0 Å². The molecule has 1 heterocycles. The van der Waals surface area contributed by atoms with E-state index in [1.165, 1.54) is 6.21 Å². The fraction of sp³-hybridized carbons (Fsp3) is 0.111. The quantitative estimate of drug-likeness (QED) is 0.139. The summed E-state index contributed by atoms with van der Waals surface area (Å²) in [5.41, 5.74) is 5.70. The monoisotopic (exact) mass is 552 g/mol. The number of allylic oxidation sites excluding steroid dienone is 1. The summed E-state index contributed by atoms with van der Waals surface area (Å²) in [6, 6.07) is 18.4. The topological polar surface area (TPSA) is 73.1 Å². The molecule has 1 aromatic heterocycles. The molecule has 35 heavy (non-hydrogen) atoms. The first kappa shape index (κ1) is 24.6. The Morgan fingerprint density at radius 3 is 2.71 bits per heavy atom. The van der Waals surface area contributed by atoms with Crippen LogP contribution in [0.15, 0.2) is 87.3 Å². The fourth-order valence-electron chi connectivity index (χ4n) is 3.46. The predicted octanol–water partition coefficient (Wildman–Crippen LogP) is 6.93. The van der Waals surface area contributed by atoms with Crippen molar-refractivity contribution in [2.45, 2.75) is 13.0 Å². The number of fused-ring (bicyclic) bond motifs is 1. The van der Waals surface area contributed by atoms with E-state index in [2.05, 4.69) is 33.0 Å². The molecule has 0 aliphatic carbocycles. The molecule has 0 radical (unpaired) electrons. The molecule has 8 heteroatoms. The zero-order valence-electron chi connectivity index (χ0n) is 18.9. The summed E-state index contributed by atoms with van der Waals surface area (Å²) in [6.07, 6.45) is 3.89. The molecular formula is C27H22BrClN2O4. The Morgan fingerprint density at radius 2 is 1.97 bits per heavy atom. The van der Waals surface area contributed by atoms with Gasteiger partial charge in [0.15, 0.2) is 17.3 Å². The van der Waals surface area contributed by atoms with E-state index in [4.69, 9.17) is 25.5 Å². The third-order valence-electron chi connectivity index (χ3n) is 5.12. The van der Waals surface area contributed by atoms with Gasteiger partial charge >= 0.3 is 5.91 Å². The van der Waals surface area contributed by atoms with Crippen LogP contribution in [0, 0.1) is 0 Å². The number of hydrazone groups is 1. The van der Waals surface area contributed by atoms with Gasteiger partial charge in [-0.15, -0.1) is 6.58 Å². The van der Waals surface area contributed by atoms with Crippen LogP contribution < -0.4 is 14.9 Å². The van der Waals surface area contributed by atoms with Crippen LogP contribution in [0.2, 0.25) is 5.02 Å². The minimum absolute atomic E-state index is 0.140.